The Balaban J connectivity index is 1.82. The lowest BCUT2D eigenvalue weighted by molar-refractivity contribution is -0.133. The number of carbonyl (C=O) groups is 1. The summed E-state index contributed by atoms with van der Waals surface area (Å²) >= 11 is 7.06. The van der Waals surface area contributed by atoms with Gasteiger partial charge in [0.25, 0.3) is 0 Å². The first kappa shape index (κ1) is 14.1. The number of thiocarbonyl (C=S) groups is 1. The highest BCUT2D eigenvalue weighted by Gasteiger charge is 2.27. The van der Waals surface area contributed by atoms with Gasteiger partial charge >= 0.3 is 0 Å². The molecule has 0 aromatic carbocycles. The summed E-state index contributed by atoms with van der Waals surface area (Å²) < 4.78 is 0. The molecule has 5 heteroatoms. The lowest BCUT2D eigenvalue weighted by Gasteiger charge is -2.33. The van der Waals surface area contributed by atoms with Gasteiger partial charge in [-0.25, -0.2) is 0 Å². The van der Waals surface area contributed by atoms with Crippen LogP contribution in [0.25, 0.3) is 0 Å². The highest BCUT2D eigenvalue weighted by Crippen LogP contribution is 2.27. The predicted molar refractivity (Wildman–Crippen MR) is 80.8 cm³/mol. The molecule has 3 nitrogen and oxygen atoms in total. The minimum atomic E-state index is 0.236. The summed E-state index contributed by atoms with van der Waals surface area (Å²) in [5.41, 5.74) is 5.70. The van der Waals surface area contributed by atoms with Crippen molar-refractivity contribution < 1.29 is 4.79 Å². The number of piperidine rings is 1. The van der Waals surface area contributed by atoms with Crippen LogP contribution in [0.3, 0.4) is 0 Å². The first-order valence-corrected chi connectivity index (χ1v) is 8.38. The van der Waals surface area contributed by atoms with Gasteiger partial charge in [-0.15, -0.1) is 0 Å². The molecule has 0 aromatic rings. The lowest BCUT2D eigenvalue weighted by Crippen LogP contribution is -2.44. The molecule has 0 bridgehead atoms. The van der Waals surface area contributed by atoms with Gasteiger partial charge in [0.15, 0.2) is 0 Å². The van der Waals surface area contributed by atoms with E-state index in [1.165, 1.54) is 24.3 Å². The second kappa shape index (κ2) is 6.75. The van der Waals surface area contributed by atoms with E-state index in [1.54, 1.807) is 0 Å². The van der Waals surface area contributed by atoms with Crippen LogP contribution in [0.2, 0.25) is 0 Å². The van der Waals surface area contributed by atoms with E-state index in [4.69, 9.17) is 18.0 Å². The van der Waals surface area contributed by atoms with Crippen LogP contribution in [0.1, 0.15) is 32.1 Å². The van der Waals surface area contributed by atoms with Gasteiger partial charge in [-0.2, -0.15) is 11.8 Å². The third-order valence-electron chi connectivity index (χ3n) is 3.98. The van der Waals surface area contributed by atoms with E-state index >= 15 is 0 Å². The highest BCUT2D eigenvalue weighted by atomic mass is 32.2. The zero-order chi connectivity index (χ0) is 13.0. The summed E-state index contributed by atoms with van der Waals surface area (Å²) in [5.74, 6) is 3.58. The topological polar surface area (TPSA) is 46.3 Å². The van der Waals surface area contributed by atoms with Crippen molar-refractivity contribution in [3.8, 4) is 0 Å². The number of rotatable bonds is 3. The van der Waals surface area contributed by atoms with Gasteiger partial charge in [0.2, 0.25) is 5.91 Å². The number of carbonyl (C=O) groups excluding carboxylic acids is 1. The Morgan fingerprint density at radius 1 is 1.33 bits per heavy atom. The molecule has 2 aliphatic heterocycles. The number of thioether (sulfide) groups is 1. The first-order valence-electron chi connectivity index (χ1n) is 6.81. The molecule has 1 amide bonds. The first-order chi connectivity index (χ1) is 8.66. The maximum absolute atomic E-state index is 12.3. The second-order valence-electron chi connectivity index (χ2n) is 5.34. The van der Waals surface area contributed by atoms with Crippen molar-refractivity contribution in [3.05, 3.63) is 0 Å². The third-order valence-corrected chi connectivity index (χ3v) is 5.36. The minimum Gasteiger partial charge on any atom is -0.393 e. The van der Waals surface area contributed by atoms with E-state index in [0.717, 1.165) is 32.4 Å². The molecule has 1 unspecified atom stereocenters. The molecule has 18 heavy (non-hydrogen) atoms. The molecule has 2 rings (SSSR count). The van der Waals surface area contributed by atoms with Crippen LogP contribution in [0.15, 0.2) is 0 Å². The quantitative estimate of drug-likeness (QED) is 0.807. The summed E-state index contributed by atoms with van der Waals surface area (Å²) in [6.07, 6.45) is 5.20. The number of hydrogen-bond donors (Lipinski definition) is 1. The summed E-state index contributed by atoms with van der Waals surface area (Å²) in [6.45, 7) is 1.63. The molecule has 0 radical (unpaired) electrons. The number of likely N-dealkylation sites (tertiary alicyclic amines) is 1. The number of nitrogens with zero attached hydrogens (tertiary/aromatic N) is 1. The largest absolute Gasteiger partial charge is 0.393 e. The number of nitrogens with two attached hydrogens (primary N) is 1. The molecule has 2 heterocycles. The summed E-state index contributed by atoms with van der Waals surface area (Å²) in [4.78, 5) is 14.8. The Labute approximate surface area is 119 Å². The van der Waals surface area contributed by atoms with Crippen molar-refractivity contribution in [1.82, 2.24) is 4.90 Å². The average Bonchev–Trinajstić information content (AvgIpc) is 2.40. The van der Waals surface area contributed by atoms with Crippen molar-refractivity contribution in [2.75, 3.05) is 24.6 Å². The second-order valence-corrected chi connectivity index (χ2v) is 7.04. The third kappa shape index (κ3) is 3.85. The van der Waals surface area contributed by atoms with Gasteiger partial charge in [-0.3, -0.25) is 4.79 Å². The van der Waals surface area contributed by atoms with E-state index in [2.05, 4.69) is 0 Å². The van der Waals surface area contributed by atoms with Crippen molar-refractivity contribution in [2.45, 2.75) is 32.1 Å². The molecule has 0 saturated carbocycles. The fraction of sp³-hybridized carbons (Fsp3) is 0.846. The fourth-order valence-corrected chi connectivity index (χ4v) is 4.16. The van der Waals surface area contributed by atoms with E-state index in [9.17, 15) is 4.79 Å². The molecule has 102 valence electrons. The van der Waals surface area contributed by atoms with Crippen LogP contribution < -0.4 is 5.73 Å². The van der Waals surface area contributed by atoms with Gasteiger partial charge in [0.05, 0.1) is 4.99 Å². The Kier molecular flexibility index (Phi) is 5.30. The summed E-state index contributed by atoms with van der Waals surface area (Å²) in [5, 5.41) is 0. The zero-order valence-corrected chi connectivity index (χ0v) is 12.4. The predicted octanol–water partition coefficient (Wildman–Crippen LogP) is 2.04. The van der Waals surface area contributed by atoms with Crippen molar-refractivity contribution >= 4 is 34.9 Å². The molecular weight excluding hydrogens is 264 g/mol. The zero-order valence-electron chi connectivity index (χ0n) is 10.8. The van der Waals surface area contributed by atoms with Gasteiger partial charge < -0.3 is 10.6 Å². The Hall–Kier alpha value is -0.290. The van der Waals surface area contributed by atoms with Crippen molar-refractivity contribution in [1.29, 1.82) is 0 Å². The van der Waals surface area contributed by atoms with Crippen LogP contribution in [-0.4, -0.2) is 40.4 Å². The van der Waals surface area contributed by atoms with Crippen LogP contribution in [0.5, 0.6) is 0 Å². The van der Waals surface area contributed by atoms with Gasteiger partial charge in [0.1, 0.15) is 0 Å². The van der Waals surface area contributed by atoms with E-state index in [1.807, 2.05) is 16.7 Å². The summed E-state index contributed by atoms with van der Waals surface area (Å²) in [7, 11) is 0. The van der Waals surface area contributed by atoms with E-state index in [0.29, 0.717) is 16.8 Å². The fourth-order valence-electron chi connectivity index (χ4n) is 2.76. The van der Waals surface area contributed by atoms with Crippen LogP contribution in [0.4, 0.5) is 0 Å². The normalized spacial score (nSPS) is 26.0. The smallest absolute Gasteiger partial charge is 0.222 e. The molecule has 2 N–H and O–H groups in total. The molecule has 2 saturated heterocycles. The highest BCUT2D eigenvalue weighted by molar-refractivity contribution is 7.99. The van der Waals surface area contributed by atoms with Crippen molar-refractivity contribution in [3.63, 3.8) is 0 Å². The summed E-state index contributed by atoms with van der Waals surface area (Å²) in [6, 6.07) is 0. The Bertz CT molecular complexity index is 316. The molecule has 0 aromatic heterocycles. The Morgan fingerprint density at radius 2 is 2.06 bits per heavy atom. The molecule has 1 atom stereocenters. The van der Waals surface area contributed by atoms with Crippen LogP contribution in [0, 0.1) is 11.8 Å². The SMILES string of the molecule is NC(=S)C1CCCN(C(=O)CC2CCSCC2)C1. The van der Waals surface area contributed by atoms with Crippen LogP contribution >= 0.6 is 24.0 Å². The number of amides is 1. The van der Waals surface area contributed by atoms with Gasteiger partial charge in [0, 0.05) is 25.4 Å². The van der Waals surface area contributed by atoms with Crippen LogP contribution in [-0.2, 0) is 4.79 Å². The van der Waals surface area contributed by atoms with Gasteiger partial charge in [-0.05, 0) is 43.1 Å². The standard InChI is InChI=1S/C13H22N2OS2/c14-13(17)11-2-1-5-15(9-11)12(16)8-10-3-6-18-7-4-10/h10-11H,1-9H2,(H2,14,17). The molecular formula is C13H22N2OS2. The van der Waals surface area contributed by atoms with E-state index < -0.39 is 0 Å². The maximum atomic E-state index is 12.3. The minimum absolute atomic E-state index is 0.236. The monoisotopic (exact) mass is 286 g/mol. The molecule has 0 aliphatic carbocycles. The average molecular weight is 286 g/mol. The van der Waals surface area contributed by atoms with Crippen molar-refractivity contribution in [2.24, 2.45) is 17.6 Å². The molecule has 2 aliphatic rings. The van der Waals surface area contributed by atoms with E-state index in [-0.39, 0.29) is 5.92 Å². The van der Waals surface area contributed by atoms with Gasteiger partial charge in [-0.1, -0.05) is 12.2 Å². The Morgan fingerprint density at radius 3 is 2.72 bits per heavy atom. The lowest BCUT2D eigenvalue weighted by atomic mass is 9.95. The maximum Gasteiger partial charge on any atom is 0.222 e. The molecule has 2 fully saturated rings. The number of hydrogen-bond acceptors (Lipinski definition) is 3. The molecule has 0 spiro atoms.